The summed E-state index contributed by atoms with van der Waals surface area (Å²) in [7, 11) is 1.48. The maximum Gasteiger partial charge on any atom is 0.460 e. The molecule has 11 heteroatoms. The van der Waals surface area contributed by atoms with Crippen molar-refractivity contribution in [3.05, 3.63) is 42.0 Å². The molecule has 1 amide bonds. The predicted octanol–water partition coefficient (Wildman–Crippen LogP) is 4.13. The first-order chi connectivity index (χ1) is 12.4. The molecule has 0 atom stereocenters. The average molecular weight is 396 g/mol. The Morgan fingerprint density at radius 2 is 1.59 bits per heavy atom. The van der Waals surface area contributed by atoms with Gasteiger partial charge < -0.3 is 4.74 Å². The first-order valence-electron chi connectivity index (χ1n) is 7.14. The van der Waals surface area contributed by atoms with Crippen LogP contribution >= 0.6 is 0 Å². The van der Waals surface area contributed by atoms with Crippen molar-refractivity contribution >= 4 is 22.9 Å². The lowest BCUT2D eigenvalue weighted by Gasteiger charge is -2.26. The summed E-state index contributed by atoms with van der Waals surface area (Å²) in [6.07, 6.45) is -5.78. The molecular weight excluding hydrogens is 385 g/mol. The second-order valence-corrected chi connectivity index (χ2v) is 5.32. The van der Waals surface area contributed by atoms with Crippen LogP contribution in [0.1, 0.15) is 5.56 Å². The summed E-state index contributed by atoms with van der Waals surface area (Å²) >= 11 is 0. The van der Waals surface area contributed by atoms with Gasteiger partial charge in [0.15, 0.2) is 0 Å². The molecule has 0 aliphatic carbocycles. The van der Waals surface area contributed by atoms with Gasteiger partial charge in [0.05, 0.1) is 13.3 Å². The minimum atomic E-state index is -6.60. The third-order valence-corrected chi connectivity index (χ3v) is 3.49. The van der Waals surface area contributed by atoms with Crippen molar-refractivity contribution in [2.75, 3.05) is 7.11 Å². The van der Waals surface area contributed by atoms with Gasteiger partial charge in [-0.2, -0.15) is 35.8 Å². The number of carbonyl (C=O) groups excluding carboxylic acids is 1. The van der Waals surface area contributed by atoms with Gasteiger partial charge in [-0.05, 0) is 34.5 Å². The van der Waals surface area contributed by atoms with E-state index in [0.29, 0.717) is 11.1 Å². The molecule has 146 valence electrons. The highest BCUT2D eigenvalue weighted by Gasteiger charge is 2.76. The second kappa shape index (κ2) is 7.05. The number of hydrazone groups is 1. The molecule has 0 saturated heterocycles. The van der Waals surface area contributed by atoms with Crippen molar-refractivity contribution in [2.45, 2.75) is 18.0 Å². The normalized spacial score (nSPS) is 13.2. The van der Waals surface area contributed by atoms with Crippen LogP contribution in [0.25, 0.3) is 10.8 Å². The van der Waals surface area contributed by atoms with Gasteiger partial charge in [0.25, 0.3) is 0 Å². The van der Waals surface area contributed by atoms with Crippen LogP contribution in [-0.2, 0) is 4.79 Å². The third-order valence-electron chi connectivity index (χ3n) is 3.49. The molecule has 2 aromatic rings. The van der Waals surface area contributed by atoms with Crippen LogP contribution in [0, 0.1) is 0 Å². The van der Waals surface area contributed by atoms with Crippen molar-refractivity contribution in [3.8, 4) is 5.75 Å². The topological polar surface area (TPSA) is 50.7 Å². The molecule has 0 saturated carbocycles. The van der Waals surface area contributed by atoms with E-state index in [1.54, 1.807) is 24.3 Å². The fraction of sp³-hybridized carbons (Fsp3) is 0.250. The number of methoxy groups -OCH3 is 1. The fourth-order valence-corrected chi connectivity index (χ4v) is 2.01. The lowest BCUT2D eigenvalue weighted by atomic mass is 10.1. The summed E-state index contributed by atoms with van der Waals surface area (Å²) in [4.78, 5) is 11.1. The first kappa shape index (κ1) is 20.5. The standard InChI is InChI=1S/C16H11F7N2O2/c1-27-12-5-4-10-6-9(2-3-11(10)7-12)8-24-25-13(26)14(17,18)15(19,20)16(21,22)23/h2-8H,1H3,(H,25,26)/b24-8+. The Balaban J connectivity index is 2.14. The Bertz CT molecular complexity index is 879. The number of halogens is 7. The van der Waals surface area contributed by atoms with E-state index in [-0.39, 0.29) is 5.56 Å². The zero-order chi connectivity index (χ0) is 20.5. The number of ether oxygens (including phenoxy) is 1. The molecule has 4 nitrogen and oxygen atoms in total. The Morgan fingerprint density at radius 1 is 1.00 bits per heavy atom. The number of carbonyl (C=O) groups is 1. The molecule has 2 aromatic carbocycles. The molecule has 2 rings (SSSR count). The summed E-state index contributed by atoms with van der Waals surface area (Å²) in [6, 6.07) is 9.60. The van der Waals surface area contributed by atoms with Crippen molar-refractivity contribution in [1.29, 1.82) is 0 Å². The fourth-order valence-electron chi connectivity index (χ4n) is 2.01. The molecule has 0 bridgehead atoms. The number of amides is 1. The highest BCUT2D eigenvalue weighted by atomic mass is 19.4. The Morgan fingerprint density at radius 3 is 2.19 bits per heavy atom. The Hall–Kier alpha value is -2.85. The molecular formula is C16H11F7N2O2. The van der Waals surface area contributed by atoms with Gasteiger partial charge in [0, 0.05) is 0 Å². The van der Waals surface area contributed by atoms with Gasteiger partial charge in [-0.15, -0.1) is 0 Å². The summed E-state index contributed by atoms with van der Waals surface area (Å²) in [6.45, 7) is 0. The van der Waals surface area contributed by atoms with Crippen LogP contribution in [0.4, 0.5) is 30.7 Å². The lowest BCUT2D eigenvalue weighted by molar-refractivity contribution is -0.344. The van der Waals surface area contributed by atoms with Crippen LogP contribution in [-0.4, -0.2) is 37.3 Å². The molecule has 0 spiro atoms. The molecule has 0 aromatic heterocycles. The van der Waals surface area contributed by atoms with E-state index in [2.05, 4.69) is 5.10 Å². The minimum Gasteiger partial charge on any atom is -0.497 e. The van der Waals surface area contributed by atoms with Crippen molar-refractivity contribution in [3.63, 3.8) is 0 Å². The smallest absolute Gasteiger partial charge is 0.460 e. The monoisotopic (exact) mass is 396 g/mol. The van der Waals surface area contributed by atoms with Crippen LogP contribution in [0.5, 0.6) is 5.75 Å². The number of hydrogen-bond acceptors (Lipinski definition) is 3. The average Bonchev–Trinajstić information content (AvgIpc) is 2.59. The molecule has 0 aliphatic rings. The van der Waals surface area contributed by atoms with Crippen LogP contribution in [0.3, 0.4) is 0 Å². The van der Waals surface area contributed by atoms with E-state index in [1.165, 1.54) is 19.2 Å². The number of rotatable bonds is 5. The zero-order valence-electron chi connectivity index (χ0n) is 13.5. The van der Waals surface area contributed by atoms with E-state index in [4.69, 9.17) is 4.74 Å². The molecule has 0 unspecified atom stereocenters. The van der Waals surface area contributed by atoms with E-state index in [1.807, 2.05) is 0 Å². The highest BCUT2D eigenvalue weighted by Crippen LogP contribution is 2.46. The second-order valence-electron chi connectivity index (χ2n) is 5.32. The molecule has 0 fully saturated rings. The number of nitrogens with zero attached hydrogens (tertiary/aromatic N) is 1. The maximum absolute atomic E-state index is 13.1. The van der Waals surface area contributed by atoms with Crippen molar-refractivity contribution in [2.24, 2.45) is 5.10 Å². The van der Waals surface area contributed by atoms with E-state index >= 15 is 0 Å². The Labute approximate surface area is 147 Å². The van der Waals surface area contributed by atoms with E-state index in [0.717, 1.165) is 17.0 Å². The van der Waals surface area contributed by atoms with Gasteiger partial charge >= 0.3 is 23.9 Å². The van der Waals surface area contributed by atoms with Crippen LogP contribution in [0.15, 0.2) is 41.5 Å². The summed E-state index contributed by atoms with van der Waals surface area (Å²) in [5.74, 6) is -14.9. The minimum absolute atomic E-state index is 0.277. The molecule has 1 N–H and O–H groups in total. The Kier molecular flexibility index (Phi) is 5.34. The van der Waals surface area contributed by atoms with Gasteiger partial charge in [-0.1, -0.05) is 18.2 Å². The SMILES string of the molecule is COc1ccc2cc(/C=N/NC(=O)C(F)(F)C(F)(F)C(F)(F)F)ccc2c1. The largest absolute Gasteiger partial charge is 0.497 e. The summed E-state index contributed by atoms with van der Waals surface area (Å²) in [5, 5.41) is 4.45. The number of alkyl halides is 7. The summed E-state index contributed by atoms with van der Waals surface area (Å²) < 4.78 is 92.9. The number of hydrogen-bond donors (Lipinski definition) is 1. The van der Waals surface area contributed by atoms with E-state index in [9.17, 15) is 35.5 Å². The highest BCUT2D eigenvalue weighted by molar-refractivity contribution is 5.92. The summed E-state index contributed by atoms with van der Waals surface area (Å²) in [5.41, 5.74) is 1.27. The van der Waals surface area contributed by atoms with Gasteiger partial charge in [0.2, 0.25) is 0 Å². The molecule has 0 heterocycles. The predicted molar refractivity (Wildman–Crippen MR) is 82.2 cm³/mol. The van der Waals surface area contributed by atoms with Gasteiger partial charge in [-0.25, -0.2) is 5.43 Å². The van der Waals surface area contributed by atoms with Gasteiger partial charge in [-0.3, -0.25) is 4.79 Å². The first-order valence-corrected chi connectivity index (χ1v) is 7.14. The third kappa shape index (κ3) is 3.96. The molecule has 27 heavy (non-hydrogen) atoms. The number of benzene rings is 2. The van der Waals surface area contributed by atoms with Crippen molar-refractivity contribution < 1.29 is 40.3 Å². The van der Waals surface area contributed by atoms with Crippen LogP contribution < -0.4 is 10.2 Å². The number of nitrogens with one attached hydrogen (secondary N) is 1. The molecule has 0 aliphatic heterocycles. The van der Waals surface area contributed by atoms with Gasteiger partial charge in [0.1, 0.15) is 5.75 Å². The van der Waals surface area contributed by atoms with Crippen molar-refractivity contribution in [1.82, 2.24) is 5.43 Å². The van der Waals surface area contributed by atoms with E-state index < -0.39 is 23.9 Å². The van der Waals surface area contributed by atoms with Crippen LogP contribution in [0.2, 0.25) is 0 Å². The molecule has 0 radical (unpaired) electrons. The quantitative estimate of drug-likeness (QED) is 0.470. The zero-order valence-corrected chi connectivity index (χ0v) is 13.5. The lowest BCUT2D eigenvalue weighted by Crippen LogP contribution is -2.58. The maximum atomic E-state index is 13.1. The number of fused-ring (bicyclic) bond motifs is 1.